The maximum Gasteiger partial charge on any atom is 0.0737 e. The molecule has 3 aliphatic carbocycles. The van der Waals surface area contributed by atoms with E-state index in [1.54, 1.807) is 0 Å². The van der Waals surface area contributed by atoms with Crippen LogP contribution in [0.5, 0.6) is 0 Å². The van der Waals surface area contributed by atoms with Gasteiger partial charge in [0.2, 0.25) is 0 Å². The molecule has 0 saturated carbocycles. The normalized spacial score (nSPS) is 25.6. The Balaban J connectivity index is 1.07. The first-order chi connectivity index (χ1) is 24.5. The molecule has 9 rings (SSSR count). The highest BCUT2D eigenvalue weighted by Gasteiger charge is 2.44. The van der Waals surface area contributed by atoms with Gasteiger partial charge in [-0.15, -0.1) is 0 Å². The molecule has 0 aromatic heterocycles. The minimum atomic E-state index is 0.255. The Kier molecular flexibility index (Phi) is 7.54. The largest absolute Gasteiger partial charge is 0.364 e. The summed E-state index contributed by atoms with van der Waals surface area (Å²) in [5.74, 6) is 14.7. The van der Waals surface area contributed by atoms with Gasteiger partial charge < -0.3 is 9.80 Å². The molecule has 2 heterocycles. The van der Waals surface area contributed by atoms with Crippen molar-refractivity contribution in [3.8, 4) is 23.7 Å². The number of allylic oxidation sites excluding steroid dienone is 4. The Bertz CT molecular complexity index is 2270. The van der Waals surface area contributed by atoms with Gasteiger partial charge in [-0.25, -0.2) is 0 Å². The number of benzene rings is 4. The molecule has 0 spiro atoms. The first kappa shape index (κ1) is 30.8. The highest BCUT2D eigenvalue weighted by Crippen LogP contribution is 2.42. The second-order valence-electron chi connectivity index (χ2n) is 14.4. The van der Waals surface area contributed by atoms with Gasteiger partial charge in [0.25, 0.3) is 0 Å². The number of fused-ring (bicyclic) bond motifs is 6. The molecule has 0 amide bonds. The summed E-state index contributed by atoms with van der Waals surface area (Å²) in [5, 5.41) is 4.65. The summed E-state index contributed by atoms with van der Waals surface area (Å²) < 4.78 is 0. The molecule has 1 fully saturated rings. The Morgan fingerprint density at radius 2 is 1.10 bits per heavy atom. The molecule has 0 radical (unpaired) electrons. The van der Waals surface area contributed by atoms with Crippen molar-refractivity contribution >= 4 is 32.9 Å². The summed E-state index contributed by atoms with van der Waals surface area (Å²) in [5.41, 5.74) is 8.38. The molecule has 4 heteroatoms. The van der Waals surface area contributed by atoms with Crippen LogP contribution < -0.4 is 9.80 Å². The standard InChI is InChI=1S/C46H42N4/c1-47-39-17-9-11-19-41(39)49(3)45-29-31(23-27-43(45)47)21-25-37-33-13-5-7-15-35(33)38(36-16-8-6-14-34(36)37)26-22-32-24-28-44-46(30-32)50(4)42-20-12-10-18-40(42)48(44)2/h5-20,23-24,27,40,42,44-46H,28-30H2,1-4H3. The van der Waals surface area contributed by atoms with Crippen LogP contribution in [-0.4, -0.2) is 68.2 Å². The zero-order valence-electron chi connectivity index (χ0n) is 29.3. The molecular weight excluding hydrogens is 609 g/mol. The number of para-hydroxylation sites is 2. The summed E-state index contributed by atoms with van der Waals surface area (Å²) in [7, 11) is 8.97. The van der Waals surface area contributed by atoms with E-state index in [1.165, 1.54) is 33.4 Å². The van der Waals surface area contributed by atoms with Crippen LogP contribution >= 0.6 is 0 Å². The Morgan fingerprint density at radius 1 is 0.560 bits per heavy atom. The third-order valence-corrected chi connectivity index (χ3v) is 11.9. The zero-order valence-corrected chi connectivity index (χ0v) is 29.3. The second-order valence-corrected chi connectivity index (χ2v) is 14.4. The quantitative estimate of drug-likeness (QED) is 0.141. The van der Waals surface area contributed by atoms with Gasteiger partial charge in [0.05, 0.1) is 17.4 Å². The van der Waals surface area contributed by atoms with Crippen LogP contribution in [0.25, 0.3) is 21.5 Å². The highest BCUT2D eigenvalue weighted by molar-refractivity contribution is 6.09. The van der Waals surface area contributed by atoms with E-state index in [0.29, 0.717) is 24.2 Å². The van der Waals surface area contributed by atoms with Gasteiger partial charge in [0.15, 0.2) is 0 Å². The van der Waals surface area contributed by atoms with E-state index in [9.17, 15) is 0 Å². The fourth-order valence-corrected chi connectivity index (χ4v) is 9.08. The van der Waals surface area contributed by atoms with Crippen LogP contribution in [0.15, 0.2) is 132 Å². The summed E-state index contributed by atoms with van der Waals surface area (Å²) in [6.07, 6.45) is 18.8. The summed E-state index contributed by atoms with van der Waals surface area (Å²) in [6.45, 7) is 0. The molecular formula is C46H42N4. The minimum absolute atomic E-state index is 0.255. The fourth-order valence-electron chi connectivity index (χ4n) is 9.08. The molecule has 5 aliphatic rings. The maximum atomic E-state index is 3.71. The topological polar surface area (TPSA) is 13.0 Å². The predicted octanol–water partition coefficient (Wildman–Crippen LogP) is 8.06. The van der Waals surface area contributed by atoms with Crippen molar-refractivity contribution in [1.29, 1.82) is 0 Å². The molecule has 2 aliphatic heterocycles. The maximum absolute atomic E-state index is 3.71. The molecule has 1 saturated heterocycles. The van der Waals surface area contributed by atoms with Crippen LogP contribution in [-0.2, 0) is 0 Å². The van der Waals surface area contributed by atoms with Crippen LogP contribution in [0.1, 0.15) is 30.4 Å². The van der Waals surface area contributed by atoms with E-state index in [4.69, 9.17) is 0 Å². The smallest absolute Gasteiger partial charge is 0.0737 e. The molecule has 4 nitrogen and oxygen atoms in total. The van der Waals surface area contributed by atoms with E-state index < -0.39 is 0 Å². The summed E-state index contributed by atoms with van der Waals surface area (Å²) in [6, 6.07) is 28.1. The van der Waals surface area contributed by atoms with Crippen LogP contribution in [0.4, 0.5) is 11.4 Å². The Labute approximate surface area is 296 Å². The lowest BCUT2D eigenvalue weighted by molar-refractivity contribution is -0.00549. The van der Waals surface area contributed by atoms with Crippen LogP contribution in [0, 0.1) is 23.7 Å². The molecule has 50 heavy (non-hydrogen) atoms. The first-order valence-electron chi connectivity index (χ1n) is 17.9. The zero-order chi connectivity index (χ0) is 33.9. The van der Waals surface area contributed by atoms with E-state index in [0.717, 1.165) is 46.7 Å². The third-order valence-electron chi connectivity index (χ3n) is 11.9. The average molecular weight is 651 g/mol. The van der Waals surface area contributed by atoms with E-state index in [-0.39, 0.29) is 6.04 Å². The van der Waals surface area contributed by atoms with Crippen molar-refractivity contribution in [2.45, 2.75) is 49.5 Å². The number of likely N-dealkylation sites (N-methyl/N-ethyl adjacent to an activating group) is 4. The number of hydrogen-bond donors (Lipinski definition) is 0. The van der Waals surface area contributed by atoms with Gasteiger partial charge in [-0.2, -0.15) is 0 Å². The van der Waals surface area contributed by atoms with Gasteiger partial charge in [-0.05, 0) is 72.8 Å². The minimum Gasteiger partial charge on any atom is -0.364 e. The van der Waals surface area contributed by atoms with E-state index in [1.807, 2.05) is 0 Å². The van der Waals surface area contributed by atoms with Gasteiger partial charge in [0.1, 0.15) is 0 Å². The van der Waals surface area contributed by atoms with Crippen molar-refractivity contribution in [1.82, 2.24) is 9.80 Å². The van der Waals surface area contributed by atoms with Gasteiger partial charge in [-0.3, -0.25) is 9.80 Å². The monoisotopic (exact) mass is 650 g/mol. The van der Waals surface area contributed by atoms with Crippen LogP contribution in [0.2, 0.25) is 0 Å². The molecule has 4 aromatic rings. The lowest BCUT2D eigenvalue weighted by atomic mass is 9.82. The highest BCUT2D eigenvalue weighted by atomic mass is 15.3. The molecule has 0 N–H and O–H groups in total. The number of piperazine rings is 1. The molecule has 4 aromatic carbocycles. The number of anilines is 2. The van der Waals surface area contributed by atoms with Gasteiger partial charge >= 0.3 is 0 Å². The Morgan fingerprint density at radius 3 is 1.72 bits per heavy atom. The SMILES string of the molecule is CN1C2=CC=C(C#Cc3c4ccccc4c(C#CC4=CCC5C(C4)N(C)C4C=CC=CC4N5C)c4ccccc34)CC2N(C)c2ccccc21. The van der Waals surface area contributed by atoms with Crippen molar-refractivity contribution < 1.29 is 0 Å². The van der Waals surface area contributed by atoms with Crippen LogP contribution in [0.3, 0.4) is 0 Å². The van der Waals surface area contributed by atoms with Gasteiger partial charge in [-0.1, -0.05) is 115 Å². The number of hydrogen-bond acceptors (Lipinski definition) is 4. The van der Waals surface area contributed by atoms with Gasteiger partial charge in [0, 0.05) is 72.7 Å². The molecule has 0 bridgehead atoms. The average Bonchev–Trinajstić information content (AvgIpc) is 3.17. The fraction of sp³-hybridized carbons (Fsp3) is 0.261. The summed E-state index contributed by atoms with van der Waals surface area (Å²) >= 11 is 0. The second kappa shape index (κ2) is 12.3. The molecule has 5 atom stereocenters. The van der Waals surface area contributed by atoms with Crippen molar-refractivity contribution in [2.75, 3.05) is 38.0 Å². The number of rotatable bonds is 0. The lowest BCUT2D eigenvalue weighted by Gasteiger charge is -2.54. The van der Waals surface area contributed by atoms with Crippen molar-refractivity contribution in [3.05, 3.63) is 143 Å². The van der Waals surface area contributed by atoms with E-state index in [2.05, 4.69) is 187 Å². The third kappa shape index (κ3) is 4.94. The molecule has 246 valence electrons. The summed E-state index contributed by atoms with van der Waals surface area (Å²) in [4.78, 5) is 9.90. The van der Waals surface area contributed by atoms with Crippen molar-refractivity contribution in [3.63, 3.8) is 0 Å². The van der Waals surface area contributed by atoms with E-state index >= 15 is 0 Å². The number of nitrogens with zero attached hydrogens (tertiary/aromatic N) is 4. The Hall–Kier alpha value is -5.26. The first-order valence-corrected chi connectivity index (χ1v) is 17.9. The predicted molar refractivity (Wildman–Crippen MR) is 209 cm³/mol. The lowest BCUT2D eigenvalue weighted by Crippen LogP contribution is -2.66. The van der Waals surface area contributed by atoms with Crippen molar-refractivity contribution in [2.24, 2.45) is 0 Å². The molecule has 5 unspecified atom stereocenters.